The molecular weight excluding hydrogens is 308 g/mol. The van der Waals surface area contributed by atoms with Gasteiger partial charge in [-0.15, -0.1) is 4.91 Å². The van der Waals surface area contributed by atoms with Crippen molar-refractivity contribution < 1.29 is 4.39 Å². The molecule has 0 aliphatic heterocycles. The smallest absolute Gasteiger partial charge is 0.127 e. The second kappa shape index (κ2) is 5.10. The molecule has 1 aromatic carbocycles. The van der Waals surface area contributed by atoms with Crippen molar-refractivity contribution in [3.8, 4) is 0 Å². The van der Waals surface area contributed by atoms with Crippen LogP contribution in [0.2, 0.25) is 5.02 Å². The minimum atomic E-state index is -0.352. The van der Waals surface area contributed by atoms with Gasteiger partial charge in [0, 0.05) is 20.6 Å². The SMILES string of the molecule is O=Nc1ccc(Cl)cc1C1=C(Br)CCC=C1F. The summed E-state index contributed by atoms with van der Waals surface area (Å²) in [5.41, 5.74) is 0.980. The third kappa shape index (κ3) is 2.48. The van der Waals surface area contributed by atoms with Gasteiger partial charge in [-0.1, -0.05) is 27.5 Å². The molecule has 0 spiro atoms. The van der Waals surface area contributed by atoms with Crippen LogP contribution in [0.15, 0.2) is 39.8 Å². The van der Waals surface area contributed by atoms with Gasteiger partial charge in [0.2, 0.25) is 0 Å². The van der Waals surface area contributed by atoms with Gasteiger partial charge >= 0.3 is 0 Å². The van der Waals surface area contributed by atoms with E-state index < -0.39 is 0 Å². The number of halogens is 3. The number of nitroso groups, excluding NO2 is 1. The van der Waals surface area contributed by atoms with E-state index in [0.29, 0.717) is 29.0 Å². The van der Waals surface area contributed by atoms with Crippen molar-refractivity contribution in [1.82, 2.24) is 0 Å². The molecule has 17 heavy (non-hydrogen) atoms. The van der Waals surface area contributed by atoms with Crippen LogP contribution in [0.3, 0.4) is 0 Å². The minimum Gasteiger partial charge on any atom is -0.207 e. The second-order valence-corrected chi connectivity index (χ2v) is 5.02. The maximum atomic E-state index is 13.8. The van der Waals surface area contributed by atoms with E-state index in [-0.39, 0.29) is 11.5 Å². The van der Waals surface area contributed by atoms with Crippen LogP contribution >= 0.6 is 27.5 Å². The van der Waals surface area contributed by atoms with Gasteiger partial charge in [0.15, 0.2) is 0 Å². The predicted molar refractivity (Wildman–Crippen MR) is 71.2 cm³/mol. The lowest BCUT2D eigenvalue weighted by Crippen LogP contribution is -1.95. The first kappa shape index (κ1) is 12.5. The highest BCUT2D eigenvalue weighted by atomic mass is 79.9. The number of hydrogen-bond donors (Lipinski definition) is 0. The molecule has 0 radical (unpaired) electrons. The molecule has 0 bridgehead atoms. The highest BCUT2D eigenvalue weighted by Gasteiger charge is 2.19. The first-order valence-corrected chi connectivity index (χ1v) is 6.18. The van der Waals surface area contributed by atoms with Gasteiger partial charge in [-0.25, -0.2) is 4.39 Å². The normalized spacial score (nSPS) is 15.8. The molecular formula is C12H8BrClFNO. The van der Waals surface area contributed by atoms with Gasteiger partial charge in [-0.3, -0.25) is 0 Å². The van der Waals surface area contributed by atoms with Crippen molar-refractivity contribution in [2.75, 3.05) is 0 Å². The largest absolute Gasteiger partial charge is 0.207 e. The molecule has 0 atom stereocenters. The van der Waals surface area contributed by atoms with Crippen molar-refractivity contribution in [1.29, 1.82) is 0 Å². The average Bonchev–Trinajstić information content (AvgIpc) is 2.29. The fourth-order valence-electron chi connectivity index (χ4n) is 1.75. The first-order chi connectivity index (χ1) is 8.13. The quantitative estimate of drug-likeness (QED) is 0.663. The van der Waals surface area contributed by atoms with Gasteiger partial charge in [0.1, 0.15) is 11.5 Å². The molecule has 0 heterocycles. The summed E-state index contributed by atoms with van der Waals surface area (Å²) in [4.78, 5) is 10.7. The second-order valence-electron chi connectivity index (χ2n) is 3.62. The highest BCUT2D eigenvalue weighted by Crippen LogP contribution is 2.41. The number of benzene rings is 1. The summed E-state index contributed by atoms with van der Waals surface area (Å²) in [7, 11) is 0. The van der Waals surface area contributed by atoms with Crippen molar-refractivity contribution in [3.63, 3.8) is 0 Å². The Morgan fingerprint density at radius 1 is 1.41 bits per heavy atom. The van der Waals surface area contributed by atoms with Gasteiger partial charge in [-0.05, 0) is 42.3 Å². The molecule has 2 nitrogen and oxygen atoms in total. The van der Waals surface area contributed by atoms with E-state index in [1.54, 1.807) is 12.1 Å². The molecule has 1 aliphatic rings. The van der Waals surface area contributed by atoms with E-state index in [4.69, 9.17) is 11.6 Å². The van der Waals surface area contributed by atoms with E-state index in [1.807, 2.05) is 0 Å². The van der Waals surface area contributed by atoms with Crippen LogP contribution in [-0.4, -0.2) is 0 Å². The average molecular weight is 317 g/mol. The number of nitrogens with zero attached hydrogens (tertiary/aromatic N) is 1. The molecule has 0 amide bonds. The summed E-state index contributed by atoms with van der Waals surface area (Å²) in [6.45, 7) is 0. The molecule has 0 fully saturated rings. The molecule has 0 saturated heterocycles. The van der Waals surface area contributed by atoms with Crippen LogP contribution in [0.1, 0.15) is 18.4 Å². The van der Waals surface area contributed by atoms with Crippen molar-refractivity contribution >= 4 is 38.8 Å². The van der Waals surface area contributed by atoms with Crippen LogP contribution < -0.4 is 0 Å². The van der Waals surface area contributed by atoms with Crippen molar-refractivity contribution in [2.24, 2.45) is 5.18 Å². The summed E-state index contributed by atoms with van der Waals surface area (Å²) < 4.78 is 14.5. The van der Waals surface area contributed by atoms with Crippen LogP contribution in [0.4, 0.5) is 10.1 Å². The van der Waals surface area contributed by atoms with E-state index in [2.05, 4.69) is 21.1 Å². The predicted octanol–water partition coefficient (Wildman–Crippen LogP) is 5.49. The zero-order valence-electron chi connectivity index (χ0n) is 8.71. The Hall–Kier alpha value is -1.00. The third-order valence-corrected chi connectivity index (χ3v) is 3.55. The molecule has 1 aliphatic carbocycles. The highest BCUT2D eigenvalue weighted by molar-refractivity contribution is 9.11. The molecule has 88 valence electrons. The zero-order valence-corrected chi connectivity index (χ0v) is 11.1. The van der Waals surface area contributed by atoms with E-state index in [9.17, 15) is 9.30 Å². The standard InChI is InChI=1S/C12H8BrClFNO/c13-9-2-1-3-10(15)12(9)8-6-7(14)4-5-11(8)16-17/h3-6H,1-2H2. The lowest BCUT2D eigenvalue weighted by molar-refractivity contribution is 0.659. The summed E-state index contributed by atoms with van der Waals surface area (Å²) in [5, 5.41) is 3.34. The Labute approximate surface area is 111 Å². The third-order valence-electron chi connectivity index (χ3n) is 2.52. The van der Waals surface area contributed by atoms with E-state index in [0.717, 1.165) is 4.48 Å². The van der Waals surface area contributed by atoms with Crippen molar-refractivity contribution in [3.05, 3.63) is 50.1 Å². The summed E-state index contributed by atoms with van der Waals surface area (Å²) in [6.07, 6.45) is 2.84. The van der Waals surface area contributed by atoms with Gasteiger partial charge in [0.05, 0.1) is 0 Å². The van der Waals surface area contributed by atoms with Crippen LogP contribution in [0.25, 0.3) is 5.57 Å². The van der Waals surface area contributed by atoms with Gasteiger partial charge in [-0.2, -0.15) is 0 Å². The number of hydrogen-bond acceptors (Lipinski definition) is 2. The van der Waals surface area contributed by atoms with E-state index in [1.165, 1.54) is 12.1 Å². The number of allylic oxidation sites excluding steroid dienone is 4. The Bertz CT molecular complexity index is 539. The van der Waals surface area contributed by atoms with Crippen molar-refractivity contribution in [2.45, 2.75) is 12.8 Å². The first-order valence-electron chi connectivity index (χ1n) is 5.01. The van der Waals surface area contributed by atoms with Crippen LogP contribution in [-0.2, 0) is 0 Å². The lowest BCUT2D eigenvalue weighted by atomic mass is 9.97. The maximum absolute atomic E-state index is 13.8. The number of rotatable bonds is 2. The topological polar surface area (TPSA) is 29.4 Å². The monoisotopic (exact) mass is 315 g/mol. The van der Waals surface area contributed by atoms with E-state index >= 15 is 0 Å². The Balaban J connectivity index is 2.64. The van der Waals surface area contributed by atoms with Gasteiger partial charge in [0.25, 0.3) is 0 Å². The zero-order chi connectivity index (χ0) is 12.4. The van der Waals surface area contributed by atoms with Gasteiger partial charge < -0.3 is 0 Å². The Morgan fingerprint density at radius 2 is 2.18 bits per heavy atom. The molecule has 0 unspecified atom stereocenters. The van der Waals surface area contributed by atoms with Crippen LogP contribution in [0.5, 0.6) is 0 Å². The molecule has 1 aromatic rings. The Morgan fingerprint density at radius 3 is 2.82 bits per heavy atom. The fraction of sp³-hybridized carbons (Fsp3) is 0.167. The van der Waals surface area contributed by atoms with Crippen LogP contribution in [0, 0.1) is 4.91 Å². The molecule has 0 saturated carbocycles. The lowest BCUT2D eigenvalue weighted by Gasteiger charge is -2.15. The summed E-state index contributed by atoms with van der Waals surface area (Å²) in [5.74, 6) is -0.352. The maximum Gasteiger partial charge on any atom is 0.127 e. The molecule has 0 N–H and O–H groups in total. The fourth-order valence-corrected chi connectivity index (χ4v) is 2.55. The summed E-state index contributed by atoms with van der Waals surface area (Å²) in [6, 6.07) is 4.59. The molecule has 0 aromatic heterocycles. The summed E-state index contributed by atoms with van der Waals surface area (Å²) >= 11 is 9.20. The molecule has 5 heteroatoms. The Kier molecular flexibility index (Phi) is 3.74. The molecule has 2 rings (SSSR count). The minimum absolute atomic E-state index is 0.187.